The molecule has 0 bridgehead atoms. The number of ether oxygens (including phenoxy) is 1. The van der Waals surface area contributed by atoms with Crippen molar-refractivity contribution < 1.29 is 26.7 Å². The maximum atomic E-state index is 12.6. The van der Waals surface area contributed by atoms with Crippen molar-refractivity contribution in [1.29, 1.82) is 0 Å². The van der Waals surface area contributed by atoms with Crippen LogP contribution in [0.5, 0.6) is 5.88 Å². The summed E-state index contributed by atoms with van der Waals surface area (Å²) in [6.45, 7) is 1.43. The minimum atomic E-state index is -3.64. The third-order valence-corrected chi connectivity index (χ3v) is 1.90. The molecule has 0 fully saturated rings. The van der Waals surface area contributed by atoms with Crippen LogP contribution in [0.1, 0.15) is 5.69 Å². The second kappa shape index (κ2) is 5.97. The Balaban J connectivity index is 2.97. The summed E-state index contributed by atoms with van der Waals surface area (Å²) in [5.41, 5.74) is 0.209. The molecule has 12 heteroatoms. The average Bonchev–Trinajstić information content (AvgIpc) is 2.10. The van der Waals surface area contributed by atoms with Gasteiger partial charge in [0.15, 0.2) is 0 Å². The highest BCUT2D eigenvalue weighted by molar-refractivity contribution is 9.09. The van der Waals surface area contributed by atoms with Crippen molar-refractivity contribution in [3.05, 3.63) is 11.8 Å². The zero-order valence-corrected chi connectivity index (χ0v) is 11.5. The number of anilines is 1. The molecular weight excluding hydrogens is 354 g/mol. The first-order valence-corrected chi connectivity index (χ1v) is 6.22. The fourth-order valence-corrected chi connectivity index (χ4v) is 1.30. The minimum absolute atomic E-state index is 0.209. The first kappa shape index (κ1) is 15.4. The first-order valence-electron chi connectivity index (χ1n) is 4.39. The average molecular weight is 359 g/mol. The van der Waals surface area contributed by atoms with Crippen LogP contribution in [0.25, 0.3) is 0 Å². The van der Waals surface area contributed by atoms with Crippen molar-refractivity contribution in [3.63, 3.8) is 0 Å². The fourth-order valence-electron chi connectivity index (χ4n) is 0.953. The summed E-state index contributed by atoms with van der Waals surface area (Å²) in [5, 5.41) is -1.76. The van der Waals surface area contributed by atoms with E-state index in [1.54, 1.807) is 0 Å². The summed E-state index contributed by atoms with van der Waals surface area (Å²) in [6.07, 6.45) is 0. The topological polar surface area (TPSA) is 111 Å². The summed E-state index contributed by atoms with van der Waals surface area (Å²) in [7, 11) is -2.95. The Morgan fingerprint density at radius 2 is 2.16 bits per heavy atom. The van der Waals surface area contributed by atoms with Gasteiger partial charge in [0, 0.05) is 27.7 Å². The largest absolute Gasteiger partial charge is 0.460 e. The normalized spacial score (nSPS) is 10.7. The summed E-state index contributed by atoms with van der Waals surface area (Å²) < 4.78 is 52.1. The molecule has 0 radical (unpaired) electrons. The van der Waals surface area contributed by atoms with Crippen LogP contribution in [-0.4, -0.2) is 29.4 Å². The Morgan fingerprint density at radius 3 is 2.68 bits per heavy atom. The number of urea groups is 1. The summed E-state index contributed by atoms with van der Waals surface area (Å²) in [6, 6.07) is -0.177. The Hall–Kier alpha value is -1.69. The molecule has 0 aliphatic carbocycles. The maximum absolute atomic E-state index is 12.6. The second-order valence-corrected chi connectivity index (χ2v) is 4.50. The molecular formula is C7H5BrF2N4O4S. The Morgan fingerprint density at radius 1 is 1.53 bits per heavy atom. The number of nitrogens with zero attached hydrogens (tertiary/aromatic N) is 3. The number of hydrogen-bond donors (Lipinski definition) is 1. The van der Waals surface area contributed by atoms with Gasteiger partial charge >= 0.3 is 21.5 Å². The molecule has 0 spiro atoms. The standard InChI is InChI=1S/C7H5BrF2N4O4S/c1-3-2-4(18-7(8,9)10)12-5(11-3)13-6(15)14-19(16)17/h2H,1H3,(H,11,12,13,15). The fraction of sp³-hybridized carbons (Fsp3) is 0.286. The number of alkyl halides is 3. The van der Waals surface area contributed by atoms with Crippen LogP contribution in [0.3, 0.4) is 0 Å². The van der Waals surface area contributed by atoms with Gasteiger partial charge in [-0.2, -0.15) is 22.2 Å². The molecule has 19 heavy (non-hydrogen) atoms. The van der Waals surface area contributed by atoms with Gasteiger partial charge in [-0.25, -0.2) is 9.78 Å². The number of aryl methyl sites for hydroxylation is 1. The number of halogens is 3. The van der Waals surface area contributed by atoms with Crippen LogP contribution in [0.15, 0.2) is 10.4 Å². The van der Waals surface area contributed by atoms with E-state index in [0.717, 1.165) is 6.07 Å². The lowest BCUT2D eigenvalue weighted by atomic mass is 10.4. The van der Waals surface area contributed by atoms with E-state index in [1.165, 1.54) is 6.92 Å². The van der Waals surface area contributed by atoms with E-state index >= 15 is 0 Å². The van der Waals surface area contributed by atoms with Crippen LogP contribution < -0.4 is 10.1 Å². The first-order chi connectivity index (χ1) is 8.65. The summed E-state index contributed by atoms with van der Waals surface area (Å²) in [5.74, 6) is -0.945. The van der Waals surface area contributed by atoms with Gasteiger partial charge in [-0.15, -0.1) is 0 Å². The third kappa shape index (κ3) is 6.15. The zero-order valence-electron chi connectivity index (χ0n) is 9.09. The second-order valence-electron chi connectivity index (χ2n) is 2.96. The smallest absolute Gasteiger partial charge is 0.406 e. The zero-order chi connectivity index (χ0) is 14.6. The number of nitrogens with one attached hydrogen (secondary N) is 1. The van der Waals surface area contributed by atoms with Crippen molar-refractivity contribution in [2.24, 2.45) is 4.36 Å². The van der Waals surface area contributed by atoms with E-state index in [0.29, 0.717) is 0 Å². The van der Waals surface area contributed by atoms with Gasteiger partial charge in [-0.3, -0.25) is 5.32 Å². The molecule has 0 aliphatic rings. The molecule has 1 N–H and O–H groups in total. The van der Waals surface area contributed by atoms with Crippen molar-refractivity contribution in [1.82, 2.24) is 9.97 Å². The molecule has 0 saturated carbocycles. The predicted octanol–water partition coefficient (Wildman–Crippen LogP) is 1.70. The molecule has 8 nitrogen and oxygen atoms in total. The SMILES string of the molecule is Cc1cc(OC(F)(F)Br)nc(NC(=O)N=S(=O)=O)n1. The highest BCUT2D eigenvalue weighted by atomic mass is 79.9. The van der Waals surface area contributed by atoms with Gasteiger partial charge in [0.05, 0.1) is 0 Å². The van der Waals surface area contributed by atoms with E-state index in [1.807, 2.05) is 21.2 Å². The van der Waals surface area contributed by atoms with Gasteiger partial charge in [0.2, 0.25) is 11.8 Å². The molecule has 1 rings (SSSR count). The van der Waals surface area contributed by atoms with Crippen LogP contribution >= 0.6 is 15.9 Å². The Kier molecular flexibility index (Phi) is 4.83. The van der Waals surface area contributed by atoms with Gasteiger partial charge in [-0.1, -0.05) is 4.36 Å². The molecule has 0 saturated heterocycles. The van der Waals surface area contributed by atoms with E-state index < -0.39 is 33.4 Å². The van der Waals surface area contributed by atoms with Crippen LogP contribution in [0.2, 0.25) is 0 Å². The molecule has 2 amide bonds. The monoisotopic (exact) mass is 358 g/mol. The molecule has 104 valence electrons. The number of carbonyl (C=O) groups is 1. The molecule has 1 aromatic heterocycles. The quantitative estimate of drug-likeness (QED) is 0.823. The highest BCUT2D eigenvalue weighted by Crippen LogP contribution is 2.26. The van der Waals surface area contributed by atoms with Gasteiger partial charge < -0.3 is 4.74 Å². The molecule has 0 aliphatic heterocycles. The third-order valence-electron chi connectivity index (χ3n) is 1.43. The number of aromatic nitrogens is 2. The van der Waals surface area contributed by atoms with Crippen molar-refractivity contribution in [2.45, 2.75) is 11.9 Å². The molecule has 0 atom stereocenters. The minimum Gasteiger partial charge on any atom is -0.406 e. The lowest BCUT2D eigenvalue weighted by Crippen LogP contribution is -2.17. The predicted molar refractivity (Wildman–Crippen MR) is 61.6 cm³/mol. The van der Waals surface area contributed by atoms with E-state index in [9.17, 15) is 22.0 Å². The molecule has 1 heterocycles. The van der Waals surface area contributed by atoms with Crippen molar-refractivity contribution in [2.75, 3.05) is 5.32 Å². The number of rotatable bonds is 3. The van der Waals surface area contributed by atoms with Crippen LogP contribution in [-0.2, 0) is 10.5 Å². The van der Waals surface area contributed by atoms with Gasteiger partial charge in [0.1, 0.15) is 0 Å². The lowest BCUT2D eigenvalue weighted by molar-refractivity contribution is -0.0830. The number of amides is 2. The van der Waals surface area contributed by atoms with Crippen LogP contribution in [0, 0.1) is 6.92 Å². The maximum Gasteiger partial charge on any atom is 0.460 e. The molecule has 0 aromatic carbocycles. The Bertz CT molecular complexity index is 622. The van der Waals surface area contributed by atoms with Crippen molar-refractivity contribution in [3.8, 4) is 5.88 Å². The lowest BCUT2D eigenvalue weighted by Gasteiger charge is -2.11. The van der Waals surface area contributed by atoms with Gasteiger partial charge in [-0.05, 0) is 6.92 Å². The number of hydrogen-bond acceptors (Lipinski definition) is 6. The van der Waals surface area contributed by atoms with Gasteiger partial charge in [0.25, 0.3) is 0 Å². The summed E-state index contributed by atoms with van der Waals surface area (Å²) >= 11 is 1.94. The van der Waals surface area contributed by atoms with E-state index in [2.05, 4.69) is 19.1 Å². The highest BCUT2D eigenvalue weighted by Gasteiger charge is 2.27. The van der Waals surface area contributed by atoms with E-state index in [4.69, 9.17) is 0 Å². The Labute approximate surface area is 115 Å². The molecule has 0 unspecified atom stereocenters. The number of carbonyl (C=O) groups excluding carboxylic acids is 1. The van der Waals surface area contributed by atoms with Crippen LogP contribution in [0.4, 0.5) is 19.5 Å². The van der Waals surface area contributed by atoms with Crippen molar-refractivity contribution >= 4 is 38.4 Å². The summed E-state index contributed by atoms with van der Waals surface area (Å²) in [4.78, 5) is 18.1. The molecule has 1 aromatic rings. The van der Waals surface area contributed by atoms with E-state index in [-0.39, 0.29) is 5.69 Å².